The van der Waals surface area contributed by atoms with E-state index in [1.54, 1.807) is 0 Å². The van der Waals surface area contributed by atoms with E-state index in [2.05, 4.69) is 22.2 Å². The molecule has 2 fully saturated rings. The highest BCUT2D eigenvalue weighted by atomic mass is 16.5. The normalized spacial score (nSPS) is 33.5. The van der Waals surface area contributed by atoms with Crippen LogP contribution in [0.4, 0.5) is 0 Å². The van der Waals surface area contributed by atoms with E-state index in [0.29, 0.717) is 6.17 Å². The van der Waals surface area contributed by atoms with Gasteiger partial charge in [-0.2, -0.15) is 4.90 Å². The first-order valence-corrected chi connectivity index (χ1v) is 5.11. The van der Waals surface area contributed by atoms with Crippen LogP contribution in [0.3, 0.4) is 0 Å². The van der Waals surface area contributed by atoms with Crippen LogP contribution in [0.1, 0.15) is 0 Å². The molecule has 0 bridgehead atoms. The van der Waals surface area contributed by atoms with Crippen molar-refractivity contribution in [2.24, 2.45) is 0 Å². The molecule has 1 N–H and O–H groups in total. The molecule has 2 aliphatic heterocycles. The van der Waals surface area contributed by atoms with Crippen molar-refractivity contribution in [2.75, 3.05) is 53.0 Å². The van der Waals surface area contributed by atoms with Crippen LogP contribution in [0.25, 0.3) is 0 Å². The summed E-state index contributed by atoms with van der Waals surface area (Å²) in [5, 5.41) is 3.37. The molecular weight excluding hydrogens is 166 g/mol. The van der Waals surface area contributed by atoms with Gasteiger partial charge < -0.3 is 10.1 Å². The predicted octanol–water partition coefficient (Wildman–Crippen LogP) is -0.982. The van der Waals surface area contributed by atoms with E-state index in [-0.39, 0.29) is 0 Å². The zero-order chi connectivity index (χ0) is 9.10. The number of nitrogens with one attached hydrogen (secondary N) is 1. The molecule has 75 valence electrons. The molecule has 4 heteroatoms. The number of piperazine rings is 1. The van der Waals surface area contributed by atoms with E-state index in [0.717, 1.165) is 45.9 Å². The fourth-order valence-corrected chi connectivity index (χ4v) is 2.04. The molecule has 0 aromatic carbocycles. The summed E-state index contributed by atoms with van der Waals surface area (Å²) in [6.07, 6.45) is 0.510. The lowest BCUT2D eigenvalue weighted by molar-refractivity contribution is -0.0289. The molecule has 0 aliphatic carbocycles. The average molecular weight is 185 g/mol. The second-order valence-corrected chi connectivity index (χ2v) is 3.82. The van der Waals surface area contributed by atoms with E-state index in [4.69, 9.17) is 4.74 Å². The monoisotopic (exact) mass is 185 g/mol. The lowest BCUT2D eigenvalue weighted by atomic mass is 10.3. The SMILES string of the molecule is C[N+]1CCOCC1N1CCNCC1. The van der Waals surface area contributed by atoms with Gasteiger partial charge in [-0.05, 0) is 0 Å². The van der Waals surface area contributed by atoms with Gasteiger partial charge in [-0.1, -0.05) is 0 Å². The second kappa shape index (κ2) is 4.37. The molecule has 4 nitrogen and oxygen atoms in total. The van der Waals surface area contributed by atoms with Crippen molar-refractivity contribution in [3.05, 3.63) is 0 Å². The Morgan fingerprint density at radius 1 is 1.38 bits per heavy atom. The van der Waals surface area contributed by atoms with Gasteiger partial charge >= 0.3 is 0 Å². The molecule has 13 heavy (non-hydrogen) atoms. The number of ether oxygens (including phenoxy) is 1. The molecular formula is C9H19N3O+. The minimum atomic E-state index is 0.510. The largest absolute Gasteiger partial charge is 0.367 e. The maximum absolute atomic E-state index is 5.50. The van der Waals surface area contributed by atoms with Gasteiger partial charge in [-0.3, -0.25) is 0 Å². The standard InChI is InChI=1S/C9H19N3O/c1-11-6-7-13-8-9(11)12-4-2-10-3-5-12/h9-10H,2-8H2,1H3/q+1. The van der Waals surface area contributed by atoms with E-state index >= 15 is 0 Å². The minimum Gasteiger partial charge on any atom is -0.367 e. The zero-order valence-electron chi connectivity index (χ0n) is 8.33. The maximum Gasteiger partial charge on any atom is 0.212 e. The Balaban J connectivity index is 1.88. The summed E-state index contributed by atoms with van der Waals surface area (Å²) in [6, 6.07) is 0. The number of hydrogen-bond acceptors (Lipinski definition) is 4. The lowest BCUT2D eigenvalue weighted by Crippen LogP contribution is -2.60. The van der Waals surface area contributed by atoms with E-state index in [9.17, 15) is 0 Å². The van der Waals surface area contributed by atoms with Crippen molar-refractivity contribution < 1.29 is 4.74 Å². The highest BCUT2D eigenvalue weighted by Crippen LogP contribution is 2.07. The molecule has 2 heterocycles. The lowest BCUT2D eigenvalue weighted by Gasteiger charge is -2.35. The first kappa shape index (κ1) is 9.40. The van der Waals surface area contributed by atoms with Crippen LogP contribution in [0.2, 0.25) is 0 Å². The molecule has 2 rings (SSSR count). The number of rotatable bonds is 1. The van der Waals surface area contributed by atoms with Crippen LogP contribution in [0, 0.1) is 0 Å². The first-order chi connectivity index (χ1) is 6.38. The zero-order valence-corrected chi connectivity index (χ0v) is 8.33. The average Bonchev–Trinajstić information content (AvgIpc) is 2.20. The smallest absolute Gasteiger partial charge is 0.212 e. The number of nitrogens with zero attached hydrogens (tertiary/aromatic N) is 2. The minimum absolute atomic E-state index is 0.510. The number of morpholine rings is 1. The van der Waals surface area contributed by atoms with Gasteiger partial charge in [0.25, 0.3) is 0 Å². The first-order valence-electron chi connectivity index (χ1n) is 5.11. The molecule has 0 amide bonds. The van der Waals surface area contributed by atoms with Crippen molar-refractivity contribution in [1.82, 2.24) is 15.1 Å². The third-order valence-corrected chi connectivity index (χ3v) is 2.94. The predicted molar refractivity (Wildman–Crippen MR) is 52.0 cm³/mol. The summed E-state index contributed by atoms with van der Waals surface area (Å²) in [4.78, 5) is 4.91. The molecule has 0 saturated carbocycles. The molecule has 0 spiro atoms. The van der Waals surface area contributed by atoms with E-state index in [1.165, 1.54) is 0 Å². The van der Waals surface area contributed by atoms with Gasteiger partial charge in [-0.15, -0.1) is 0 Å². The summed E-state index contributed by atoms with van der Waals surface area (Å²) >= 11 is 0. The van der Waals surface area contributed by atoms with Gasteiger partial charge in [0.15, 0.2) is 0 Å². The second-order valence-electron chi connectivity index (χ2n) is 3.82. The van der Waals surface area contributed by atoms with Crippen LogP contribution in [-0.2, 0) is 4.74 Å². The van der Waals surface area contributed by atoms with E-state index in [1.807, 2.05) is 0 Å². The summed E-state index contributed by atoms with van der Waals surface area (Å²) < 4.78 is 5.50. The van der Waals surface area contributed by atoms with Crippen molar-refractivity contribution in [1.29, 1.82) is 0 Å². The van der Waals surface area contributed by atoms with Crippen molar-refractivity contribution >= 4 is 0 Å². The quantitative estimate of drug-likeness (QED) is 0.533. The molecule has 2 saturated heterocycles. The van der Waals surface area contributed by atoms with E-state index < -0.39 is 0 Å². The van der Waals surface area contributed by atoms with Gasteiger partial charge in [-0.25, -0.2) is 4.90 Å². The van der Waals surface area contributed by atoms with Gasteiger partial charge in [0.1, 0.15) is 26.8 Å². The summed E-state index contributed by atoms with van der Waals surface area (Å²) in [6.45, 7) is 7.36. The fraction of sp³-hybridized carbons (Fsp3) is 1.00. The van der Waals surface area contributed by atoms with Crippen molar-refractivity contribution in [3.8, 4) is 0 Å². The molecule has 1 radical (unpaired) electrons. The molecule has 0 aromatic rings. The molecule has 2 aliphatic rings. The van der Waals surface area contributed by atoms with Crippen LogP contribution in [-0.4, -0.2) is 64.1 Å². The number of likely N-dealkylation sites (N-methyl/N-ethyl adjacent to an activating group) is 1. The summed E-state index contributed by atoms with van der Waals surface area (Å²) in [7, 11) is 2.19. The highest BCUT2D eigenvalue weighted by molar-refractivity contribution is 4.80. The Hall–Kier alpha value is -0.160. The molecule has 1 atom stereocenters. The Labute approximate surface area is 79.8 Å². The summed E-state index contributed by atoms with van der Waals surface area (Å²) in [5.41, 5.74) is 0. The Morgan fingerprint density at radius 2 is 2.15 bits per heavy atom. The molecule has 1 unspecified atom stereocenters. The molecule has 0 aromatic heterocycles. The third kappa shape index (κ3) is 2.20. The van der Waals surface area contributed by atoms with Gasteiger partial charge in [0.05, 0.1) is 0 Å². The highest BCUT2D eigenvalue weighted by Gasteiger charge is 2.33. The Morgan fingerprint density at radius 3 is 2.85 bits per heavy atom. The van der Waals surface area contributed by atoms with Gasteiger partial charge in [0.2, 0.25) is 6.17 Å². The fourth-order valence-electron chi connectivity index (χ4n) is 2.04. The van der Waals surface area contributed by atoms with Crippen molar-refractivity contribution in [3.63, 3.8) is 0 Å². The third-order valence-electron chi connectivity index (χ3n) is 2.94. The number of hydrogen-bond donors (Lipinski definition) is 1. The van der Waals surface area contributed by atoms with Crippen molar-refractivity contribution in [2.45, 2.75) is 6.17 Å². The summed E-state index contributed by atoms with van der Waals surface area (Å²) in [5.74, 6) is 0. The van der Waals surface area contributed by atoms with Crippen LogP contribution >= 0.6 is 0 Å². The Bertz CT molecular complexity index is 159. The van der Waals surface area contributed by atoms with Gasteiger partial charge in [0, 0.05) is 26.2 Å². The topological polar surface area (TPSA) is 30.4 Å². The van der Waals surface area contributed by atoms with Crippen LogP contribution in [0.5, 0.6) is 0 Å². The maximum atomic E-state index is 5.50. The Kier molecular flexibility index (Phi) is 3.16. The van der Waals surface area contributed by atoms with Crippen LogP contribution in [0.15, 0.2) is 0 Å². The van der Waals surface area contributed by atoms with Crippen LogP contribution < -0.4 is 10.2 Å².